The van der Waals surface area contributed by atoms with E-state index in [1.807, 2.05) is 38.1 Å². The summed E-state index contributed by atoms with van der Waals surface area (Å²) in [5.41, 5.74) is 2.95. The van der Waals surface area contributed by atoms with Gasteiger partial charge < -0.3 is 5.32 Å². The predicted molar refractivity (Wildman–Crippen MR) is 94.2 cm³/mol. The lowest BCUT2D eigenvalue weighted by atomic mass is 10.0. The van der Waals surface area contributed by atoms with Gasteiger partial charge in [0, 0.05) is 5.56 Å². The van der Waals surface area contributed by atoms with Gasteiger partial charge in [-0.05, 0) is 43.5 Å². The fraction of sp³-hybridized carbons (Fsp3) is 0.278. The standard InChI is InChI=1S/C18H22N2O3S/c1-4-16(14-8-5-12(2)6-9-14)20-18(21)15-10-7-13(3)17(11-15)24(19,22)23/h5-11,16H,4H2,1-3H3,(H,20,21)(H2,19,22,23)/t16-/m0/s1. The Morgan fingerprint density at radius 2 is 1.75 bits per heavy atom. The maximum atomic E-state index is 12.5. The Morgan fingerprint density at radius 3 is 2.29 bits per heavy atom. The van der Waals surface area contributed by atoms with Gasteiger partial charge in [-0.15, -0.1) is 0 Å². The van der Waals surface area contributed by atoms with Crippen molar-refractivity contribution in [2.24, 2.45) is 5.14 Å². The van der Waals surface area contributed by atoms with Crippen molar-refractivity contribution < 1.29 is 13.2 Å². The zero-order chi connectivity index (χ0) is 17.9. The number of benzene rings is 2. The minimum Gasteiger partial charge on any atom is -0.345 e. The molecule has 0 aliphatic rings. The molecule has 0 aliphatic carbocycles. The van der Waals surface area contributed by atoms with Gasteiger partial charge >= 0.3 is 0 Å². The number of hydrogen-bond acceptors (Lipinski definition) is 3. The van der Waals surface area contributed by atoms with Crippen LogP contribution in [-0.2, 0) is 10.0 Å². The van der Waals surface area contributed by atoms with Crippen molar-refractivity contribution in [3.05, 3.63) is 64.7 Å². The van der Waals surface area contributed by atoms with E-state index in [1.54, 1.807) is 19.1 Å². The molecule has 0 saturated carbocycles. The van der Waals surface area contributed by atoms with Crippen LogP contribution >= 0.6 is 0 Å². The molecule has 2 rings (SSSR count). The van der Waals surface area contributed by atoms with Crippen molar-refractivity contribution in [2.45, 2.75) is 38.1 Å². The molecule has 0 aliphatic heterocycles. The molecule has 1 atom stereocenters. The topological polar surface area (TPSA) is 89.3 Å². The summed E-state index contributed by atoms with van der Waals surface area (Å²) in [6.07, 6.45) is 0.725. The normalized spacial score (nSPS) is 12.7. The van der Waals surface area contributed by atoms with Crippen molar-refractivity contribution in [3.8, 4) is 0 Å². The van der Waals surface area contributed by atoms with Crippen LogP contribution in [0.15, 0.2) is 47.4 Å². The minimum absolute atomic E-state index is 0.0291. The van der Waals surface area contributed by atoms with Crippen LogP contribution in [0, 0.1) is 13.8 Å². The molecule has 1 amide bonds. The van der Waals surface area contributed by atoms with Crippen molar-refractivity contribution in [2.75, 3.05) is 0 Å². The van der Waals surface area contributed by atoms with Crippen molar-refractivity contribution in [1.29, 1.82) is 0 Å². The van der Waals surface area contributed by atoms with E-state index in [2.05, 4.69) is 5.32 Å². The third-order valence-electron chi connectivity index (χ3n) is 3.95. The lowest BCUT2D eigenvalue weighted by molar-refractivity contribution is 0.0935. The molecule has 0 heterocycles. The minimum atomic E-state index is -3.86. The van der Waals surface area contributed by atoms with Crippen LogP contribution in [0.5, 0.6) is 0 Å². The molecule has 3 N–H and O–H groups in total. The zero-order valence-electron chi connectivity index (χ0n) is 14.0. The highest BCUT2D eigenvalue weighted by Gasteiger charge is 2.18. The molecule has 24 heavy (non-hydrogen) atoms. The molecule has 0 radical (unpaired) electrons. The van der Waals surface area contributed by atoms with Crippen LogP contribution in [0.3, 0.4) is 0 Å². The highest BCUT2D eigenvalue weighted by atomic mass is 32.2. The highest BCUT2D eigenvalue weighted by Crippen LogP contribution is 2.20. The molecule has 0 saturated heterocycles. The van der Waals surface area contributed by atoms with Gasteiger partial charge in [-0.25, -0.2) is 13.6 Å². The molecule has 0 fully saturated rings. The second-order valence-corrected chi connectivity index (χ2v) is 7.40. The summed E-state index contributed by atoms with van der Waals surface area (Å²) in [6.45, 7) is 5.63. The molecule has 0 bridgehead atoms. The first-order valence-corrected chi connectivity index (χ1v) is 9.28. The summed E-state index contributed by atoms with van der Waals surface area (Å²) in [7, 11) is -3.86. The van der Waals surface area contributed by atoms with Gasteiger partial charge in [-0.2, -0.15) is 0 Å². The Kier molecular flexibility index (Phi) is 5.41. The third-order valence-corrected chi connectivity index (χ3v) is 5.00. The van der Waals surface area contributed by atoms with Crippen LogP contribution in [0.2, 0.25) is 0 Å². The quantitative estimate of drug-likeness (QED) is 0.872. The lowest BCUT2D eigenvalue weighted by Gasteiger charge is -2.18. The lowest BCUT2D eigenvalue weighted by Crippen LogP contribution is -2.28. The van der Waals surface area contributed by atoms with E-state index >= 15 is 0 Å². The molecule has 0 unspecified atom stereocenters. The molecular weight excluding hydrogens is 324 g/mol. The van der Waals surface area contributed by atoms with Gasteiger partial charge in [-0.1, -0.05) is 42.8 Å². The SMILES string of the molecule is CC[C@H](NC(=O)c1ccc(C)c(S(N)(=O)=O)c1)c1ccc(C)cc1. The molecule has 128 valence electrons. The second kappa shape index (κ2) is 7.15. The number of nitrogens with one attached hydrogen (secondary N) is 1. The van der Waals surface area contributed by atoms with Gasteiger partial charge in [0.25, 0.3) is 5.91 Å². The number of sulfonamides is 1. The summed E-state index contributed by atoms with van der Waals surface area (Å²) < 4.78 is 23.2. The van der Waals surface area contributed by atoms with E-state index in [4.69, 9.17) is 5.14 Å². The molecule has 6 heteroatoms. The van der Waals surface area contributed by atoms with Gasteiger partial charge in [0.15, 0.2) is 0 Å². The molecular formula is C18H22N2O3S. The van der Waals surface area contributed by atoms with Gasteiger partial charge in [0.05, 0.1) is 10.9 Å². The Morgan fingerprint density at radius 1 is 1.12 bits per heavy atom. The van der Waals surface area contributed by atoms with Crippen molar-refractivity contribution in [1.82, 2.24) is 5.32 Å². The number of carbonyl (C=O) groups is 1. The Balaban J connectivity index is 2.27. The van der Waals surface area contributed by atoms with Gasteiger partial charge in [0.1, 0.15) is 0 Å². The summed E-state index contributed by atoms with van der Waals surface area (Å²) in [6, 6.07) is 12.3. The predicted octanol–water partition coefficient (Wildman–Crippen LogP) is 2.83. The number of nitrogens with two attached hydrogens (primary N) is 1. The van der Waals surface area contributed by atoms with E-state index in [0.717, 1.165) is 17.5 Å². The average Bonchev–Trinajstić information content (AvgIpc) is 2.52. The van der Waals surface area contributed by atoms with E-state index < -0.39 is 10.0 Å². The molecule has 5 nitrogen and oxygen atoms in total. The number of amides is 1. The van der Waals surface area contributed by atoms with Crippen LogP contribution < -0.4 is 10.5 Å². The second-order valence-electron chi connectivity index (χ2n) is 5.87. The Bertz CT molecular complexity index is 843. The Hall–Kier alpha value is -2.18. The maximum absolute atomic E-state index is 12.5. The number of hydrogen-bond donors (Lipinski definition) is 2. The van der Waals surface area contributed by atoms with Crippen molar-refractivity contribution in [3.63, 3.8) is 0 Å². The first-order chi connectivity index (χ1) is 11.2. The smallest absolute Gasteiger partial charge is 0.251 e. The number of rotatable bonds is 5. The van der Waals surface area contributed by atoms with Crippen molar-refractivity contribution >= 4 is 15.9 Å². The highest BCUT2D eigenvalue weighted by molar-refractivity contribution is 7.89. The monoisotopic (exact) mass is 346 g/mol. The fourth-order valence-corrected chi connectivity index (χ4v) is 3.32. The summed E-state index contributed by atoms with van der Waals surface area (Å²) in [5, 5.41) is 8.14. The summed E-state index contributed by atoms with van der Waals surface area (Å²) in [4.78, 5) is 12.5. The van der Waals surface area contributed by atoms with Crippen LogP contribution in [0.4, 0.5) is 0 Å². The van der Waals surface area contributed by atoms with Crippen LogP contribution in [0.1, 0.15) is 46.4 Å². The van der Waals surface area contributed by atoms with Crippen LogP contribution in [-0.4, -0.2) is 14.3 Å². The number of primary sulfonamides is 1. The van der Waals surface area contributed by atoms with Gasteiger partial charge in [-0.3, -0.25) is 4.79 Å². The molecule has 0 spiro atoms. The van der Waals surface area contributed by atoms with Crippen LogP contribution in [0.25, 0.3) is 0 Å². The van der Waals surface area contributed by atoms with E-state index in [9.17, 15) is 13.2 Å². The third kappa shape index (κ3) is 4.21. The largest absolute Gasteiger partial charge is 0.345 e. The molecule has 0 aromatic heterocycles. The average molecular weight is 346 g/mol. The zero-order valence-corrected chi connectivity index (χ0v) is 14.9. The first kappa shape index (κ1) is 18.2. The maximum Gasteiger partial charge on any atom is 0.251 e. The Labute approximate surface area is 142 Å². The summed E-state index contributed by atoms with van der Waals surface area (Å²) in [5.74, 6) is -0.327. The summed E-state index contributed by atoms with van der Waals surface area (Å²) >= 11 is 0. The van der Waals surface area contributed by atoms with E-state index in [1.165, 1.54) is 6.07 Å². The van der Waals surface area contributed by atoms with E-state index in [0.29, 0.717) is 5.56 Å². The van der Waals surface area contributed by atoms with Gasteiger partial charge in [0.2, 0.25) is 10.0 Å². The first-order valence-electron chi connectivity index (χ1n) is 7.73. The number of carbonyl (C=O) groups excluding carboxylic acids is 1. The van der Waals surface area contributed by atoms with E-state index in [-0.39, 0.29) is 22.4 Å². The molecule has 2 aromatic carbocycles. The number of aryl methyl sites for hydroxylation is 2. The fourth-order valence-electron chi connectivity index (χ4n) is 2.51. The molecule has 2 aromatic rings.